The van der Waals surface area contributed by atoms with Crippen molar-refractivity contribution in [1.29, 1.82) is 0 Å². The number of benzene rings is 1. The fraction of sp³-hybridized carbons (Fsp3) is 0.500. The molecule has 0 aliphatic carbocycles. The summed E-state index contributed by atoms with van der Waals surface area (Å²) in [5.41, 5.74) is 2.07. The molecule has 0 spiro atoms. The van der Waals surface area contributed by atoms with Crippen LogP contribution in [0.3, 0.4) is 0 Å². The first kappa shape index (κ1) is 14.8. The van der Waals surface area contributed by atoms with E-state index in [-0.39, 0.29) is 11.4 Å². The summed E-state index contributed by atoms with van der Waals surface area (Å²) in [5.74, 6) is 0.902. The van der Waals surface area contributed by atoms with Crippen molar-refractivity contribution in [2.24, 2.45) is 0 Å². The molecule has 2 aromatic rings. The maximum absolute atomic E-state index is 6.28. The Morgan fingerprint density at radius 1 is 1.47 bits per heavy atom. The molecular formula is C14H18BrClN2O. The van der Waals surface area contributed by atoms with E-state index in [0.717, 1.165) is 27.8 Å². The van der Waals surface area contributed by atoms with Crippen LogP contribution in [0.15, 0.2) is 22.7 Å². The zero-order valence-corrected chi connectivity index (χ0v) is 13.7. The van der Waals surface area contributed by atoms with Crippen molar-refractivity contribution in [2.75, 3.05) is 13.7 Å². The minimum Gasteiger partial charge on any atom is -0.383 e. The number of hydrogen-bond donors (Lipinski definition) is 0. The minimum atomic E-state index is -0.128. The lowest BCUT2D eigenvalue weighted by molar-refractivity contribution is 0.153. The Kier molecular flexibility index (Phi) is 4.87. The number of rotatable bonds is 5. The highest BCUT2D eigenvalue weighted by atomic mass is 79.9. The average molecular weight is 346 g/mol. The number of hydrogen-bond acceptors (Lipinski definition) is 2. The molecule has 5 heteroatoms. The largest absolute Gasteiger partial charge is 0.383 e. The van der Waals surface area contributed by atoms with Gasteiger partial charge in [-0.3, -0.25) is 0 Å². The molecule has 3 nitrogen and oxygen atoms in total. The first-order valence-electron chi connectivity index (χ1n) is 6.38. The van der Waals surface area contributed by atoms with E-state index in [1.54, 1.807) is 7.11 Å². The van der Waals surface area contributed by atoms with Crippen LogP contribution in [0.1, 0.15) is 37.5 Å². The van der Waals surface area contributed by atoms with Gasteiger partial charge < -0.3 is 9.30 Å². The van der Waals surface area contributed by atoms with Crippen molar-refractivity contribution in [3.8, 4) is 0 Å². The van der Waals surface area contributed by atoms with Crippen molar-refractivity contribution in [3.63, 3.8) is 0 Å². The van der Waals surface area contributed by atoms with Crippen molar-refractivity contribution in [3.05, 3.63) is 28.5 Å². The van der Waals surface area contributed by atoms with E-state index < -0.39 is 0 Å². The molecule has 0 saturated heterocycles. The summed E-state index contributed by atoms with van der Waals surface area (Å²) in [5, 5.41) is -0.128. The molecule has 2 rings (SSSR count). The number of ether oxygens (including phenoxy) is 1. The molecule has 1 aromatic heterocycles. The first-order chi connectivity index (χ1) is 9.08. The van der Waals surface area contributed by atoms with Gasteiger partial charge in [0.05, 0.1) is 29.1 Å². The summed E-state index contributed by atoms with van der Waals surface area (Å²) in [6.07, 6.45) is 0.975. The van der Waals surface area contributed by atoms with Gasteiger partial charge in [-0.25, -0.2) is 4.98 Å². The fourth-order valence-electron chi connectivity index (χ4n) is 2.32. The molecule has 0 radical (unpaired) electrons. The van der Waals surface area contributed by atoms with Crippen LogP contribution in [0.5, 0.6) is 0 Å². The van der Waals surface area contributed by atoms with Crippen LogP contribution in [-0.4, -0.2) is 23.3 Å². The van der Waals surface area contributed by atoms with Gasteiger partial charge in [0, 0.05) is 11.6 Å². The van der Waals surface area contributed by atoms with E-state index in [2.05, 4.69) is 38.5 Å². The monoisotopic (exact) mass is 344 g/mol. The Labute approximate surface area is 127 Å². The molecule has 0 aliphatic heterocycles. The van der Waals surface area contributed by atoms with Gasteiger partial charge in [-0.15, -0.1) is 11.6 Å². The predicted molar refractivity (Wildman–Crippen MR) is 82.9 cm³/mol. The highest BCUT2D eigenvalue weighted by molar-refractivity contribution is 9.10. The van der Waals surface area contributed by atoms with E-state index in [9.17, 15) is 0 Å². The van der Waals surface area contributed by atoms with Gasteiger partial charge in [-0.2, -0.15) is 0 Å². The highest BCUT2D eigenvalue weighted by Crippen LogP contribution is 2.31. The number of nitrogens with zero attached hydrogens (tertiary/aromatic N) is 2. The fourth-order valence-corrected chi connectivity index (χ4v) is 2.82. The lowest BCUT2D eigenvalue weighted by Gasteiger charge is -2.20. The van der Waals surface area contributed by atoms with Gasteiger partial charge in [-0.05, 0) is 31.5 Å². The number of halogens is 2. The standard InChI is InChI=1S/C14H18BrClN2O/c1-4-11(8-19-3)18-13-7-10(15)5-6-12(13)17-14(18)9(2)16/h5-7,9,11H,4,8H2,1-3H3. The van der Waals surface area contributed by atoms with Crippen LogP contribution in [0.4, 0.5) is 0 Å². The van der Waals surface area contributed by atoms with Crippen molar-refractivity contribution < 1.29 is 4.74 Å². The molecule has 0 amide bonds. The first-order valence-corrected chi connectivity index (χ1v) is 7.61. The molecule has 0 fully saturated rings. The Balaban J connectivity index is 2.65. The maximum atomic E-state index is 6.28. The molecule has 0 N–H and O–H groups in total. The second-order valence-electron chi connectivity index (χ2n) is 4.61. The molecule has 0 saturated carbocycles. The maximum Gasteiger partial charge on any atom is 0.128 e. The molecule has 0 aliphatic rings. The third kappa shape index (κ3) is 2.96. The number of alkyl halides is 1. The van der Waals surface area contributed by atoms with Gasteiger partial charge in [0.1, 0.15) is 5.82 Å². The average Bonchev–Trinajstić information content (AvgIpc) is 2.74. The van der Waals surface area contributed by atoms with Gasteiger partial charge in [-0.1, -0.05) is 22.9 Å². The van der Waals surface area contributed by atoms with Crippen LogP contribution >= 0.6 is 27.5 Å². The summed E-state index contributed by atoms with van der Waals surface area (Å²) < 4.78 is 8.58. The van der Waals surface area contributed by atoms with E-state index >= 15 is 0 Å². The number of aromatic nitrogens is 2. The quantitative estimate of drug-likeness (QED) is 0.735. The molecule has 2 atom stereocenters. The lowest BCUT2D eigenvalue weighted by Crippen LogP contribution is -2.16. The SMILES string of the molecule is CCC(COC)n1c(C(C)Cl)nc2ccc(Br)cc21. The summed E-state index contributed by atoms with van der Waals surface area (Å²) >= 11 is 9.80. The van der Waals surface area contributed by atoms with Crippen molar-refractivity contribution in [2.45, 2.75) is 31.7 Å². The summed E-state index contributed by atoms with van der Waals surface area (Å²) in [6, 6.07) is 6.35. The second kappa shape index (κ2) is 6.25. The molecular weight excluding hydrogens is 328 g/mol. The van der Waals surface area contributed by atoms with Gasteiger partial charge in [0.25, 0.3) is 0 Å². The third-order valence-electron chi connectivity index (χ3n) is 3.23. The third-order valence-corrected chi connectivity index (χ3v) is 3.92. The number of fused-ring (bicyclic) bond motifs is 1. The summed E-state index contributed by atoms with van der Waals surface area (Å²) in [4.78, 5) is 4.66. The molecule has 1 heterocycles. The molecule has 1 aromatic carbocycles. The Hall–Kier alpha value is -0.580. The van der Waals surface area contributed by atoms with E-state index in [0.29, 0.717) is 6.61 Å². The van der Waals surface area contributed by atoms with E-state index in [4.69, 9.17) is 16.3 Å². The molecule has 0 bridgehead atoms. The lowest BCUT2D eigenvalue weighted by atomic mass is 10.2. The zero-order valence-electron chi connectivity index (χ0n) is 11.4. The van der Waals surface area contributed by atoms with Crippen molar-refractivity contribution in [1.82, 2.24) is 9.55 Å². The minimum absolute atomic E-state index is 0.128. The van der Waals surface area contributed by atoms with Gasteiger partial charge in [0.2, 0.25) is 0 Å². The number of imidazole rings is 1. The molecule has 19 heavy (non-hydrogen) atoms. The Morgan fingerprint density at radius 3 is 2.79 bits per heavy atom. The summed E-state index contributed by atoms with van der Waals surface area (Å²) in [6.45, 7) is 4.76. The smallest absolute Gasteiger partial charge is 0.128 e. The van der Waals surface area contributed by atoms with E-state index in [1.165, 1.54) is 0 Å². The van der Waals surface area contributed by atoms with Gasteiger partial charge >= 0.3 is 0 Å². The van der Waals surface area contributed by atoms with Crippen LogP contribution in [0, 0.1) is 0 Å². The summed E-state index contributed by atoms with van der Waals surface area (Å²) in [7, 11) is 1.72. The van der Waals surface area contributed by atoms with Crippen LogP contribution < -0.4 is 0 Å². The molecule has 2 unspecified atom stereocenters. The molecule has 104 valence electrons. The highest BCUT2D eigenvalue weighted by Gasteiger charge is 2.20. The van der Waals surface area contributed by atoms with Crippen molar-refractivity contribution >= 4 is 38.6 Å². The predicted octanol–water partition coefficient (Wildman–Crippen LogP) is 4.70. The van der Waals surface area contributed by atoms with Gasteiger partial charge in [0.15, 0.2) is 0 Å². The Morgan fingerprint density at radius 2 is 2.21 bits per heavy atom. The zero-order chi connectivity index (χ0) is 14.0. The Bertz CT molecular complexity index is 568. The van der Waals surface area contributed by atoms with Crippen LogP contribution in [0.25, 0.3) is 11.0 Å². The van der Waals surface area contributed by atoms with Crippen LogP contribution in [0.2, 0.25) is 0 Å². The van der Waals surface area contributed by atoms with E-state index in [1.807, 2.05) is 19.1 Å². The normalized spacial score (nSPS) is 14.8. The second-order valence-corrected chi connectivity index (χ2v) is 6.18. The van der Waals surface area contributed by atoms with Crippen LogP contribution in [-0.2, 0) is 4.74 Å². The topological polar surface area (TPSA) is 27.1 Å². The number of methoxy groups -OCH3 is 1.